The van der Waals surface area contributed by atoms with Gasteiger partial charge in [-0.3, -0.25) is 0 Å². The summed E-state index contributed by atoms with van der Waals surface area (Å²) in [6.45, 7) is 0. The summed E-state index contributed by atoms with van der Waals surface area (Å²) in [6, 6.07) is 0. The molecule has 0 atom stereocenters. The predicted octanol–water partition coefficient (Wildman–Crippen LogP) is 4.07. The van der Waals surface area contributed by atoms with E-state index in [-0.39, 0.29) is 0 Å². The van der Waals surface area contributed by atoms with Crippen LogP contribution >= 0.6 is 15.9 Å². The minimum absolute atomic E-state index is 0.744. The highest BCUT2D eigenvalue weighted by atomic mass is 79.9. The lowest BCUT2D eigenvalue weighted by molar-refractivity contribution is 0.595. The molecule has 0 aromatic rings. The maximum atomic E-state index is 3.45. The topological polar surface area (TPSA) is 0 Å². The number of allylic oxidation sites excluding steroid dienone is 4. The summed E-state index contributed by atoms with van der Waals surface area (Å²) in [5, 5.41) is 1.16. The van der Waals surface area contributed by atoms with Gasteiger partial charge in [0, 0.05) is 5.33 Å². The molecule has 0 spiro atoms. The Bertz CT molecular complexity index is 146. The van der Waals surface area contributed by atoms with Crippen LogP contribution < -0.4 is 0 Å². The van der Waals surface area contributed by atoms with E-state index in [1.54, 1.807) is 0 Å². The van der Waals surface area contributed by atoms with Gasteiger partial charge < -0.3 is 0 Å². The summed E-state index contributed by atoms with van der Waals surface area (Å²) < 4.78 is 0. The fourth-order valence-corrected chi connectivity index (χ4v) is 1.89. The van der Waals surface area contributed by atoms with Gasteiger partial charge in [0.05, 0.1) is 0 Å². The minimum Gasteiger partial charge on any atom is -0.0928 e. The zero-order valence-corrected chi connectivity index (χ0v) is 9.09. The first-order valence-electron chi connectivity index (χ1n) is 4.84. The summed E-state index contributed by atoms with van der Waals surface area (Å²) in [5.74, 6) is 0.744. The Morgan fingerprint density at radius 1 is 0.917 bits per heavy atom. The summed E-state index contributed by atoms with van der Waals surface area (Å²) in [7, 11) is 0. The van der Waals surface area contributed by atoms with Crippen molar-refractivity contribution < 1.29 is 0 Å². The number of unbranched alkanes of at least 4 members (excludes halogenated alkanes) is 3. The van der Waals surface area contributed by atoms with E-state index in [1.165, 1.54) is 32.1 Å². The molecule has 1 heteroatoms. The van der Waals surface area contributed by atoms with E-state index in [1.807, 2.05) is 0 Å². The first kappa shape index (κ1) is 10.0. The first-order valence-corrected chi connectivity index (χ1v) is 5.96. The van der Waals surface area contributed by atoms with E-state index in [0.29, 0.717) is 0 Å². The van der Waals surface area contributed by atoms with Gasteiger partial charge in [-0.1, -0.05) is 59.5 Å². The monoisotopic (exact) mass is 228 g/mol. The van der Waals surface area contributed by atoms with Crippen LogP contribution in [-0.4, -0.2) is 5.33 Å². The van der Waals surface area contributed by atoms with Crippen LogP contribution in [0.5, 0.6) is 0 Å². The molecule has 1 aliphatic rings. The maximum absolute atomic E-state index is 3.45. The zero-order valence-electron chi connectivity index (χ0n) is 7.51. The van der Waals surface area contributed by atoms with Gasteiger partial charge in [0.1, 0.15) is 0 Å². The van der Waals surface area contributed by atoms with Gasteiger partial charge in [0.15, 0.2) is 0 Å². The molecular formula is C11H17Br. The highest BCUT2D eigenvalue weighted by Crippen LogP contribution is 2.17. The predicted molar refractivity (Wildman–Crippen MR) is 58.6 cm³/mol. The molecule has 0 radical (unpaired) electrons. The molecule has 12 heavy (non-hydrogen) atoms. The van der Waals surface area contributed by atoms with E-state index in [4.69, 9.17) is 0 Å². The summed E-state index contributed by atoms with van der Waals surface area (Å²) in [5.41, 5.74) is 0. The zero-order chi connectivity index (χ0) is 8.65. The third-order valence-corrected chi connectivity index (χ3v) is 2.81. The largest absolute Gasteiger partial charge is 0.0928 e. The Labute approximate surface area is 83.9 Å². The number of hydrogen-bond donors (Lipinski definition) is 0. The average Bonchev–Trinajstić information content (AvgIpc) is 2.57. The van der Waals surface area contributed by atoms with E-state index >= 15 is 0 Å². The van der Waals surface area contributed by atoms with Crippen LogP contribution in [0.25, 0.3) is 0 Å². The third-order valence-electron chi connectivity index (χ3n) is 2.25. The highest BCUT2D eigenvalue weighted by molar-refractivity contribution is 9.09. The van der Waals surface area contributed by atoms with Crippen LogP contribution in [0.1, 0.15) is 32.1 Å². The van der Waals surface area contributed by atoms with Crippen LogP contribution in [0, 0.1) is 5.92 Å². The first-order chi connectivity index (χ1) is 5.93. The van der Waals surface area contributed by atoms with Crippen LogP contribution in [-0.2, 0) is 0 Å². The molecule has 0 aromatic heterocycles. The second-order valence-electron chi connectivity index (χ2n) is 3.33. The van der Waals surface area contributed by atoms with Crippen LogP contribution in [0.3, 0.4) is 0 Å². The Morgan fingerprint density at radius 2 is 1.58 bits per heavy atom. The molecule has 0 saturated carbocycles. The average molecular weight is 229 g/mol. The second-order valence-corrected chi connectivity index (χ2v) is 4.12. The molecule has 0 bridgehead atoms. The molecule has 68 valence electrons. The molecule has 0 nitrogen and oxygen atoms in total. The molecule has 0 aliphatic heterocycles. The standard InChI is InChI=1S/C11H17Br/c12-10-6-2-1-3-7-11-8-4-5-9-11/h4-5,8-9,11H,1-3,6-7,10H2. The summed E-state index contributed by atoms with van der Waals surface area (Å²) >= 11 is 3.45. The smallest absolute Gasteiger partial charge is 0.00313 e. The molecule has 0 saturated heterocycles. The highest BCUT2D eigenvalue weighted by Gasteiger charge is 2.01. The molecule has 0 aromatic carbocycles. The third kappa shape index (κ3) is 4.10. The fourth-order valence-electron chi connectivity index (χ4n) is 1.50. The van der Waals surface area contributed by atoms with Crippen LogP contribution in [0.15, 0.2) is 24.3 Å². The molecule has 0 amide bonds. The van der Waals surface area contributed by atoms with Crippen molar-refractivity contribution in [3.8, 4) is 0 Å². The molecule has 0 fully saturated rings. The van der Waals surface area contributed by atoms with Crippen molar-refractivity contribution in [2.45, 2.75) is 32.1 Å². The normalized spacial score (nSPS) is 16.1. The van der Waals surface area contributed by atoms with E-state index in [0.717, 1.165) is 11.2 Å². The van der Waals surface area contributed by atoms with Gasteiger partial charge in [-0.15, -0.1) is 0 Å². The Kier molecular flexibility index (Phi) is 5.42. The maximum Gasteiger partial charge on any atom is 0.00313 e. The number of hydrogen-bond acceptors (Lipinski definition) is 0. The summed E-state index contributed by atoms with van der Waals surface area (Å²) in [4.78, 5) is 0. The van der Waals surface area contributed by atoms with Crippen molar-refractivity contribution >= 4 is 15.9 Å². The molecule has 0 heterocycles. The molecule has 0 unspecified atom stereocenters. The van der Waals surface area contributed by atoms with E-state index in [2.05, 4.69) is 40.2 Å². The van der Waals surface area contributed by atoms with Gasteiger partial charge in [0.25, 0.3) is 0 Å². The molecule has 0 N–H and O–H groups in total. The Hall–Kier alpha value is -0.0400. The SMILES string of the molecule is BrCCCCCCC1C=CC=C1. The molecular weight excluding hydrogens is 212 g/mol. The van der Waals surface area contributed by atoms with Crippen molar-refractivity contribution in [3.05, 3.63) is 24.3 Å². The number of rotatable bonds is 6. The van der Waals surface area contributed by atoms with E-state index < -0.39 is 0 Å². The van der Waals surface area contributed by atoms with Crippen molar-refractivity contribution in [2.75, 3.05) is 5.33 Å². The van der Waals surface area contributed by atoms with Gasteiger partial charge in [-0.25, -0.2) is 0 Å². The second kappa shape index (κ2) is 6.47. The van der Waals surface area contributed by atoms with Crippen LogP contribution in [0.2, 0.25) is 0 Å². The van der Waals surface area contributed by atoms with Crippen molar-refractivity contribution in [1.82, 2.24) is 0 Å². The lowest BCUT2D eigenvalue weighted by Crippen LogP contribution is -1.89. The number of halogens is 1. The lowest BCUT2D eigenvalue weighted by atomic mass is 10.0. The van der Waals surface area contributed by atoms with Crippen molar-refractivity contribution in [2.24, 2.45) is 5.92 Å². The van der Waals surface area contributed by atoms with Crippen LogP contribution in [0.4, 0.5) is 0 Å². The molecule has 1 aliphatic carbocycles. The van der Waals surface area contributed by atoms with Gasteiger partial charge in [-0.2, -0.15) is 0 Å². The number of alkyl halides is 1. The van der Waals surface area contributed by atoms with Gasteiger partial charge in [-0.05, 0) is 18.8 Å². The Morgan fingerprint density at radius 3 is 2.25 bits per heavy atom. The Balaban J connectivity index is 1.89. The van der Waals surface area contributed by atoms with Gasteiger partial charge in [0.2, 0.25) is 0 Å². The fraction of sp³-hybridized carbons (Fsp3) is 0.636. The van der Waals surface area contributed by atoms with E-state index in [9.17, 15) is 0 Å². The van der Waals surface area contributed by atoms with Crippen molar-refractivity contribution in [1.29, 1.82) is 0 Å². The quantitative estimate of drug-likeness (QED) is 0.475. The minimum atomic E-state index is 0.744. The van der Waals surface area contributed by atoms with Gasteiger partial charge >= 0.3 is 0 Å². The summed E-state index contributed by atoms with van der Waals surface area (Å²) in [6.07, 6.45) is 15.7. The molecule has 1 rings (SSSR count). The lowest BCUT2D eigenvalue weighted by Gasteiger charge is -2.03. The van der Waals surface area contributed by atoms with Crippen molar-refractivity contribution in [3.63, 3.8) is 0 Å².